The van der Waals surface area contributed by atoms with Crippen LogP contribution in [0.2, 0.25) is 0 Å². The third-order valence-electron chi connectivity index (χ3n) is 3.47. The number of fused-ring (bicyclic) bond motifs is 1. The maximum Gasteiger partial charge on any atom is 0.261 e. The number of primary sulfonamides is 1. The Hall–Kier alpha value is -2.42. The Bertz CT molecular complexity index is 1110. The Morgan fingerprint density at radius 2 is 1.29 bits per heavy atom. The second kappa shape index (κ2) is 5.90. The van der Waals surface area contributed by atoms with Gasteiger partial charge in [0.05, 0.1) is 9.79 Å². The van der Waals surface area contributed by atoms with Gasteiger partial charge in [0.15, 0.2) is 0 Å². The molecule has 6 nitrogen and oxygen atoms in total. The van der Waals surface area contributed by atoms with Gasteiger partial charge in [-0.25, -0.2) is 22.0 Å². The summed E-state index contributed by atoms with van der Waals surface area (Å²) >= 11 is 0. The van der Waals surface area contributed by atoms with E-state index in [-0.39, 0.29) is 15.5 Å². The van der Waals surface area contributed by atoms with Crippen molar-refractivity contribution >= 4 is 36.5 Å². The van der Waals surface area contributed by atoms with Crippen LogP contribution in [-0.2, 0) is 20.0 Å². The lowest BCUT2D eigenvalue weighted by Crippen LogP contribution is -2.14. The number of hydrogen-bond acceptors (Lipinski definition) is 4. The van der Waals surface area contributed by atoms with Gasteiger partial charge < -0.3 is 0 Å². The van der Waals surface area contributed by atoms with Gasteiger partial charge in [0.1, 0.15) is 0 Å². The molecule has 3 N–H and O–H groups in total. The highest BCUT2D eigenvalue weighted by Gasteiger charge is 2.15. The molecule has 0 radical (unpaired) electrons. The summed E-state index contributed by atoms with van der Waals surface area (Å²) in [6.45, 7) is 0. The first kappa shape index (κ1) is 16.4. The lowest BCUT2D eigenvalue weighted by Gasteiger charge is -2.09. The second-order valence-electron chi connectivity index (χ2n) is 5.18. The van der Waals surface area contributed by atoms with Crippen LogP contribution >= 0.6 is 0 Å². The van der Waals surface area contributed by atoms with E-state index < -0.39 is 20.0 Å². The van der Waals surface area contributed by atoms with Gasteiger partial charge in [0.25, 0.3) is 10.0 Å². The highest BCUT2D eigenvalue weighted by Crippen LogP contribution is 2.22. The average molecular weight is 362 g/mol. The summed E-state index contributed by atoms with van der Waals surface area (Å²) in [6, 6.07) is 17.4. The van der Waals surface area contributed by atoms with E-state index in [0.29, 0.717) is 0 Å². The standard InChI is InChI=1S/C16H14N2O4S2/c17-23(19,20)15-9-6-14(7-10-15)18-24(21,22)16-8-5-12-3-1-2-4-13(12)11-16/h1-11,18H,(H2,17,19,20). The summed E-state index contributed by atoms with van der Waals surface area (Å²) in [7, 11) is -7.60. The van der Waals surface area contributed by atoms with Gasteiger partial charge in [-0.2, -0.15) is 0 Å². The summed E-state index contributed by atoms with van der Waals surface area (Å²) in [6.07, 6.45) is 0. The minimum atomic E-state index is -3.82. The van der Waals surface area contributed by atoms with Crippen molar-refractivity contribution in [1.29, 1.82) is 0 Å². The van der Waals surface area contributed by atoms with E-state index >= 15 is 0 Å². The summed E-state index contributed by atoms with van der Waals surface area (Å²) in [5, 5.41) is 6.76. The van der Waals surface area contributed by atoms with E-state index in [1.54, 1.807) is 12.1 Å². The minimum absolute atomic E-state index is 0.0869. The van der Waals surface area contributed by atoms with E-state index in [1.807, 2.05) is 24.3 Å². The van der Waals surface area contributed by atoms with Crippen molar-refractivity contribution in [2.45, 2.75) is 9.79 Å². The molecule has 0 aliphatic rings. The molecule has 8 heteroatoms. The summed E-state index contributed by atoms with van der Waals surface area (Å²) in [4.78, 5) is 0.0351. The number of sulfonamides is 2. The molecule has 0 amide bonds. The molecular weight excluding hydrogens is 348 g/mol. The van der Waals surface area contributed by atoms with Crippen molar-refractivity contribution in [3.8, 4) is 0 Å². The molecule has 124 valence electrons. The molecule has 0 saturated heterocycles. The zero-order valence-corrected chi connectivity index (χ0v) is 14.0. The van der Waals surface area contributed by atoms with Crippen molar-refractivity contribution < 1.29 is 16.8 Å². The largest absolute Gasteiger partial charge is 0.280 e. The number of anilines is 1. The van der Waals surface area contributed by atoms with Crippen molar-refractivity contribution in [3.05, 3.63) is 66.7 Å². The number of hydrogen-bond donors (Lipinski definition) is 2. The van der Waals surface area contributed by atoms with Gasteiger partial charge in [-0.15, -0.1) is 0 Å². The van der Waals surface area contributed by atoms with Crippen LogP contribution in [0.1, 0.15) is 0 Å². The molecule has 0 aromatic heterocycles. The molecule has 3 aromatic carbocycles. The Morgan fingerprint density at radius 3 is 1.92 bits per heavy atom. The fourth-order valence-corrected chi connectivity index (χ4v) is 3.87. The van der Waals surface area contributed by atoms with Gasteiger partial charge >= 0.3 is 0 Å². The highest BCUT2D eigenvalue weighted by atomic mass is 32.2. The molecular formula is C16H14N2O4S2. The van der Waals surface area contributed by atoms with Crippen molar-refractivity contribution in [3.63, 3.8) is 0 Å². The van der Waals surface area contributed by atoms with Crippen LogP contribution in [0.25, 0.3) is 10.8 Å². The summed E-state index contributed by atoms with van der Waals surface area (Å²) in [5.41, 5.74) is 0.246. The van der Waals surface area contributed by atoms with Crippen molar-refractivity contribution in [1.82, 2.24) is 0 Å². The van der Waals surface area contributed by atoms with Crippen LogP contribution in [0, 0.1) is 0 Å². The predicted octanol–water partition coefficient (Wildman–Crippen LogP) is 2.29. The van der Waals surface area contributed by atoms with E-state index in [0.717, 1.165) is 10.8 Å². The molecule has 24 heavy (non-hydrogen) atoms. The third-order valence-corrected chi connectivity index (χ3v) is 5.77. The lowest BCUT2D eigenvalue weighted by atomic mass is 10.1. The zero-order chi connectivity index (χ0) is 17.4. The third kappa shape index (κ3) is 3.40. The van der Waals surface area contributed by atoms with E-state index in [4.69, 9.17) is 5.14 Å². The Balaban J connectivity index is 1.92. The van der Waals surface area contributed by atoms with Gasteiger partial charge in [0, 0.05) is 5.69 Å². The molecule has 0 atom stereocenters. The topological polar surface area (TPSA) is 106 Å². The number of rotatable bonds is 4. The van der Waals surface area contributed by atoms with Crippen LogP contribution in [0.4, 0.5) is 5.69 Å². The number of nitrogens with two attached hydrogens (primary N) is 1. The normalized spacial score (nSPS) is 12.2. The molecule has 0 heterocycles. The van der Waals surface area contributed by atoms with Crippen molar-refractivity contribution in [2.24, 2.45) is 5.14 Å². The van der Waals surface area contributed by atoms with E-state index in [1.165, 1.54) is 30.3 Å². The van der Waals surface area contributed by atoms with E-state index in [9.17, 15) is 16.8 Å². The first-order chi connectivity index (χ1) is 11.3. The zero-order valence-electron chi connectivity index (χ0n) is 12.4. The fourth-order valence-electron chi connectivity index (χ4n) is 2.26. The quantitative estimate of drug-likeness (QED) is 0.742. The van der Waals surface area contributed by atoms with E-state index in [2.05, 4.69) is 4.72 Å². The molecule has 3 rings (SSSR count). The molecule has 3 aromatic rings. The molecule has 0 unspecified atom stereocenters. The monoisotopic (exact) mass is 362 g/mol. The first-order valence-corrected chi connectivity index (χ1v) is 9.93. The molecule has 0 aliphatic heterocycles. The second-order valence-corrected chi connectivity index (χ2v) is 8.43. The lowest BCUT2D eigenvalue weighted by molar-refractivity contribution is 0.597. The maximum atomic E-state index is 12.5. The Kier molecular flexibility index (Phi) is 4.04. The van der Waals surface area contributed by atoms with Crippen molar-refractivity contribution in [2.75, 3.05) is 4.72 Å². The number of benzene rings is 3. The molecule has 0 fully saturated rings. The predicted molar refractivity (Wildman–Crippen MR) is 92.6 cm³/mol. The van der Waals surface area contributed by atoms with Gasteiger partial charge in [-0.05, 0) is 47.2 Å². The highest BCUT2D eigenvalue weighted by molar-refractivity contribution is 7.92. The SMILES string of the molecule is NS(=O)(=O)c1ccc(NS(=O)(=O)c2ccc3ccccc3c2)cc1. The molecule has 0 bridgehead atoms. The maximum absolute atomic E-state index is 12.5. The number of nitrogens with one attached hydrogen (secondary N) is 1. The summed E-state index contributed by atoms with van der Waals surface area (Å²) in [5.74, 6) is 0. The average Bonchev–Trinajstić information content (AvgIpc) is 2.53. The Morgan fingerprint density at radius 1 is 0.708 bits per heavy atom. The smallest absolute Gasteiger partial charge is 0.261 e. The van der Waals surface area contributed by atoms with Gasteiger partial charge in [0.2, 0.25) is 10.0 Å². The van der Waals surface area contributed by atoms with Crippen LogP contribution in [0.5, 0.6) is 0 Å². The van der Waals surface area contributed by atoms with Crippen LogP contribution < -0.4 is 9.86 Å². The van der Waals surface area contributed by atoms with Crippen LogP contribution in [-0.4, -0.2) is 16.8 Å². The minimum Gasteiger partial charge on any atom is -0.280 e. The Labute approximate surface area is 140 Å². The molecule has 0 aliphatic carbocycles. The van der Waals surface area contributed by atoms with Crippen LogP contribution in [0.15, 0.2) is 76.5 Å². The van der Waals surface area contributed by atoms with Crippen LogP contribution in [0.3, 0.4) is 0 Å². The first-order valence-electron chi connectivity index (χ1n) is 6.90. The van der Waals surface area contributed by atoms with Gasteiger partial charge in [-0.1, -0.05) is 30.3 Å². The molecule has 0 spiro atoms. The fraction of sp³-hybridized carbons (Fsp3) is 0. The van der Waals surface area contributed by atoms with Gasteiger partial charge in [-0.3, -0.25) is 4.72 Å². The summed E-state index contributed by atoms with van der Waals surface area (Å²) < 4.78 is 49.8. The molecule has 0 saturated carbocycles.